The lowest BCUT2D eigenvalue weighted by molar-refractivity contribution is 0.102. The van der Waals surface area contributed by atoms with Crippen molar-refractivity contribution in [1.82, 2.24) is 15.2 Å². The van der Waals surface area contributed by atoms with E-state index in [0.29, 0.717) is 5.82 Å². The van der Waals surface area contributed by atoms with Crippen LogP contribution in [0.2, 0.25) is 4.47 Å². The first-order valence-electron chi connectivity index (χ1n) is 4.80. The van der Waals surface area contributed by atoms with Gasteiger partial charge in [-0.25, -0.2) is 4.98 Å². The van der Waals surface area contributed by atoms with Crippen LogP contribution in [0.15, 0.2) is 12.1 Å². The number of hydrogen-bond donors (Lipinski definition) is 1. The minimum atomic E-state index is -0.355. The Labute approximate surface area is 107 Å². The molecule has 0 saturated heterocycles. The third kappa shape index (κ3) is 2.98. The van der Waals surface area contributed by atoms with Crippen LogP contribution in [0.4, 0.5) is 5.82 Å². The van der Waals surface area contributed by atoms with Crippen molar-refractivity contribution in [3.8, 4) is 0 Å². The molecule has 7 heteroatoms. The Balaban J connectivity index is 2.18. The molecule has 0 aliphatic carbocycles. The van der Waals surface area contributed by atoms with Crippen LogP contribution in [-0.2, 0) is 0 Å². The first kappa shape index (κ1) is 11.9. The lowest BCUT2D eigenvalue weighted by Crippen LogP contribution is -2.13. The van der Waals surface area contributed by atoms with E-state index in [9.17, 15) is 4.79 Å². The van der Waals surface area contributed by atoms with E-state index in [1.807, 2.05) is 19.9 Å². The van der Waals surface area contributed by atoms with Crippen LogP contribution >= 0.6 is 22.9 Å². The predicted molar refractivity (Wildman–Crippen MR) is 66.6 cm³/mol. The highest BCUT2D eigenvalue weighted by Gasteiger charge is 2.12. The Morgan fingerprint density at radius 2 is 2.12 bits per heavy atom. The molecule has 0 bridgehead atoms. The lowest BCUT2D eigenvalue weighted by Gasteiger charge is -2.04. The van der Waals surface area contributed by atoms with E-state index in [4.69, 9.17) is 11.6 Å². The second kappa shape index (κ2) is 4.77. The smallest absolute Gasteiger partial charge is 0.287 e. The van der Waals surface area contributed by atoms with Crippen LogP contribution in [0.5, 0.6) is 0 Å². The van der Waals surface area contributed by atoms with Crippen molar-refractivity contribution in [2.75, 3.05) is 5.32 Å². The number of amides is 1. The molecule has 1 amide bonds. The summed E-state index contributed by atoms with van der Waals surface area (Å²) >= 11 is 6.63. The molecule has 2 aromatic heterocycles. The maximum atomic E-state index is 11.7. The first-order chi connectivity index (χ1) is 8.04. The number of aromatic nitrogens is 3. The first-order valence-corrected chi connectivity index (χ1v) is 5.99. The molecule has 0 atom stereocenters. The van der Waals surface area contributed by atoms with Crippen molar-refractivity contribution in [3.05, 3.63) is 32.9 Å². The molecule has 2 heterocycles. The second-order valence-corrected chi connectivity index (χ2v) is 5.05. The van der Waals surface area contributed by atoms with Gasteiger partial charge in [-0.3, -0.25) is 4.79 Å². The summed E-state index contributed by atoms with van der Waals surface area (Å²) in [6.07, 6.45) is 0. The zero-order valence-corrected chi connectivity index (χ0v) is 10.8. The Kier molecular flexibility index (Phi) is 3.35. The number of halogens is 1. The topological polar surface area (TPSA) is 67.8 Å². The Bertz CT molecular complexity index is 549. The fourth-order valence-electron chi connectivity index (χ4n) is 1.37. The highest BCUT2D eigenvalue weighted by molar-refractivity contribution is 7.17. The summed E-state index contributed by atoms with van der Waals surface area (Å²) in [5.74, 6) is 0.144. The van der Waals surface area contributed by atoms with Crippen LogP contribution in [0, 0.1) is 13.8 Å². The molecular formula is C10H9ClN4OS. The van der Waals surface area contributed by atoms with Gasteiger partial charge in [0.1, 0.15) is 5.82 Å². The molecule has 0 fully saturated rings. The molecule has 5 nitrogen and oxygen atoms in total. The minimum Gasteiger partial charge on any atom is -0.304 e. The maximum absolute atomic E-state index is 11.7. The summed E-state index contributed by atoms with van der Waals surface area (Å²) in [4.78, 5) is 15.9. The molecule has 88 valence electrons. The fourth-order valence-corrected chi connectivity index (χ4v) is 2.10. The standard InChI is InChI=1S/C10H9ClN4OS/c1-5-3-6(2)12-7(4-5)13-8(16)9-14-15-10(11)17-9/h3-4H,1-2H3,(H,12,13,16). The number of carbonyl (C=O) groups excluding carboxylic acids is 1. The number of nitrogens with one attached hydrogen (secondary N) is 1. The van der Waals surface area contributed by atoms with E-state index in [0.717, 1.165) is 22.6 Å². The number of carbonyl (C=O) groups is 1. The summed E-state index contributed by atoms with van der Waals surface area (Å²) < 4.78 is 0.239. The quantitative estimate of drug-likeness (QED) is 0.908. The van der Waals surface area contributed by atoms with Gasteiger partial charge < -0.3 is 5.32 Å². The van der Waals surface area contributed by atoms with Gasteiger partial charge in [0.05, 0.1) is 0 Å². The normalized spacial score (nSPS) is 10.3. The highest BCUT2D eigenvalue weighted by atomic mass is 35.5. The Morgan fingerprint density at radius 3 is 2.71 bits per heavy atom. The Morgan fingerprint density at radius 1 is 1.35 bits per heavy atom. The number of nitrogens with zero attached hydrogens (tertiary/aromatic N) is 3. The van der Waals surface area contributed by atoms with Crippen LogP contribution in [0.3, 0.4) is 0 Å². The molecule has 0 saturated carbocycles. The molecule has 0 aliphatic heterocycles. The largest absolute Gasteiger partial charge is 0.304 e. The van der Waals surface area contributed by atoms with Gasteiger partial charge in [-0.15, -0.1) is 10.2 Å². The van der Waals surface area contributed by atoms with Crippen LogP contribution in [-0.4, -0.2) is 21.1 Å². The molecule has 2 rings (SSSR count). The molecule has 2 aromatic rings. The van der Waals surface area contributed by atoms with Crippen LogP contribution in [0.1, 0.15) is 21.1 Å². The van der Waals surface area contributed by atoms with Gasteiger partial charge in [0, 0.05) is 5.69 Å². The van der Waals surface area contributed by atoms with Gasteiger partial charge in [-0.2, -0.15) is 0 Å². The third-order valence-corrected chi connectivity index (χ3v) is 2.95. The van der Waals surface area contributed by atoms with E-state index in [1.165, 1.54) is 0 Å². The molecule has 0 spiro atoms. The van der Waals surface area contributed by atoms with Crippen molar-refractivity contribution in [3.63, 3.8) is 0 Å². The SMILES string of the molecule is Cc1cc(C)nc(NC(=O)c2nnc(Cl)s2)c1. The summed E-state index contributed by atoms with van der Waals surface area (Å²) in [5, 5.41) is 10.1. The summed E-state index contributed by atoms with van der Waals surface area (Å²) in [5.41, 5.74) is 1.87. The molecule has 1 N–H and O–H groups in total. The van der Waals surface area contributed by atoms with Crippen LogP contribution < -0.4 is 5.32 Å². The zero-order chi connectivity index (χ0) is 12.4. The summed E-state index contributed by atoms with van der Waals surface area (Å²) in [6.45, 7) is 3.80. The fraction of sp³-hybridized carbons (Fsp3) is 0.200. The van der Waals surface area contributed by atoms with Gasteiger partial charge in [0.2, 0.25) is 9.47 Å². The van der Waals surface area contributed by atoms with Gasteiger partial charge in [-0.05, 0) is 43.1 Å². The van der Waals surface area contributed by atoms with E-state index in [1.54, 1.807) is 6.07 Å². The van der Waals surface area contributed by atoms with E-state index >= 15 is 0 Å². The second-order valence-electron chi connectivity index (χ2n) is 3.49. The number of pyridine rings is 1. The lowest BCUT2D eigenvalue weighted by atomic mass is 10.2. The van der Waals surface area contributed by atoms with Crippen molar-refractivity contribution in [1.29, 1.82) is 0 Å². The molecule has 0 radical (unpaired) electrons. The molecule has 0 aromatic carbocycles. The average Bonchev–Trinajstić information content (AvgIpc) is 2.63. The predicted octanol–water partition coefficient (Wildman–Crippen LogP) is 2.46. The van der Waals surface area contributed by atoms with Crippen LogP contribution in [0.25, 0.3) is 0 Å². The number of anilines is 1. The minimum absolute atomic E-state index is 0.218. The van der Waals surface area contributed by atoms with E-state index < -0.39 is 0 Å². The monoisotopic (exact) mass is 268 g/mol. The van der Waals surface area contributed by atoms with Gasteiger partial charge in [0.15, 0.2) is 0 Å². The average molecular weight is 269 g/mol. The van der Waals surface area contributed by atoms with Crippen molar-refractivity contribution < 1.29 is 4.79 Å². The van der Waals surface area contributed by atoms with Gasteiger partial charge >= 0.3 is 0 Å². The number of rotatable bonds is 2. The highest BCUT2D eigenvalue weighted by Crippen LogP contribution is 2.16. The molecule has 0 unspecified atom stereocenters. The van der Waals surface area contributed by atoms with Crippen molar-refractivity contribution in [2.45, 2.75) is 13.8 Å². The Hall–Kier alpha value is -1.53. The van der Waals surface area contributed by atoms with Gasteiger partial charge in [-0.1, -0.05) is 11.3 Å². The summed E-state index contributed by atoms with van der Waals surface area (Å²) in [7, 11) is 0. The van der Waals surface area contributed by atoms with Gasteiger partial charge in [0.25, 0.3) is 5.91 Å². The van der Waals surface area contributed by atoms with Crippen molar-refractivity contribution in [2.24, 2.45) is 0 Å². The van der Waals surface area contributed by atoms with Crippen molar-refractivity contribution >= 4 is 34.7 Å². The molecular weight excluding hydrogens is 260 g/mol. The molecule has 17 heavy (non-hydrogen) atoms. The van der Waals surface area contributed by atoms with E-state index in [-0.39, 0.29) is 15.4 Å². The third-order valence-electron chi connectivity index (χ3n) is 1.93. The van der Waals surface area contributed by atoms with E-state index in [2.05, 4.69) is 20.5 Å². The number of hydrogen-bond acceptors (Lipinski definition) is 5. The number of aryl methyl sites for hydroxylation is 2. The zero-order valence-electron chi connectivity index (χ0n) is 9.19. The maximum Gasteiger partial charge on any atom is 0.287 e. The molecule has 0 aliphatic rings. The summed E-state index contributed by atoms with van der Waals surface area (Å²) in [6, 6.07) is 3.71.